The number of carbonyl (C=O) groups excluding carboxylic acids is 2. The molecule has 2 amide bonds. The number of ether oxygens (including phenoxy) is 1. The van der Waals surface area contributed by atoms with E-state index in [9.17, 15) is 9.59 Å². The zero-order valence-corrected chi connectivity index (χ0v) is 9.70. The van der Waals surface area contributed by atoms with E-state index in [-0.39, 0.29) is 5.91 Å². The number of nitrogens with one attached hydrogen (secondary N) is 1. The van der Waals surface area contributed by atoms with Crippen molar-refractivity contribution in [2.75, 3.05) is 19.8 Å². The van der Waals surface area contributed by atoms with Crippen LogP contribution < -0.4 is 11.1 Å². The van der Waals surface area contributed by atoms with E-state index in [2.05, 4.69) is 12.2 Å². The average molecular weight is 228 g/mol. The van der Waals surface area contributed by atoms with E-state index in [0.717, 1.165) is 38.0 Å². The van der Waals surface area contributed by atoms with Crippen LogP contribution >= 0.6 is 0 Å². The highest BCUT2D eigenvalue weighted by atomic mass is 16.5. The number of nitrogens with two attached hydrogens (primary N) is 1. The highest BCUT2D eigenvalue weighted by Crippen LogP contribution is 1.89. The third-order valence-electron chi connectivity index (χ3n) is 1.81. The number of rotatable bonds is 9. The molecule has 3 N–H and O–H groups in total. The first-order valence-electron chi connectivity index (χ1n) is 5.50. The maximum absolute atomic E-state index is 11.0. The van der Waals surface area contributed by atoms with Crippen molar-refractivity contribution in [3.05, 3.63) is 12.2 Å². The first-order valence-corrected chi connectivity index (χ1v) is 5.50. The van der Waals surface area contributed by atoms with Gasteiger partial charge in [-0.25, -0.2) is 0 Å². The van der Waals surface area contributed by atoms with Crippen molar-refractivity contribution in [3.8, 4) is 0 Å². The lowest BCUT2D eigenvalue weighted by atomic mass is 10.3. The highest BCUT2D eigenvalue weighted by molar-refractivity contribution is 5.95. The molecule has 0 aliphatic rings. The third-order valence-corrected chi connectivity index (χ3v) is 1.81. The molecule has 0 aromatic rings. The fraction of sp³-hybridized carbons (Fsp3) is 0.636. The minimum Gasteiger partial charge on any atom is -0.381 e. The zero-order valence-electron chi connectivity index (χ0n) is 9.70. The van der Waals surface area contributed by atoms with Crippen molar-refractivity contribution in [3.63, 3.8) is 0 Å². The molecule has 0 heterocycles. The van der Waals surface area contributed by atoms with Crippen molar-refractivity contribution < 1.29 is 14.3 Å². The first kappa shape index (κ1) is 14.6. The topological polar surface area (TPSA) is 81.4 Å². The normalized spacial score (nSPS) is 10.6. The van der Waals surface area contributed by atoms with E-state index in [0.29, 0.717) is 13.2 Å². The predicted molar refractivity (Wildman–Crippen MR) is 61.7 cm³/mol. The van der Waals surface area contributed by atoms with Crippen LogP contribution in [0, 0.1) is 0 Å². The van der Waals surface area contributed by atoms with Crippen LogP contribution in [0.4, 0.5) is 0 Å². The van der Waals surface area contributed by atoms with E-state index < -0.39 is 5.91 Å². The Hall–Kier alpha value is -1.36. The number of primary amides is 1. The Balaban J connectivity index is 3.31. The Labute approximate surface area is 96.0 Å². The summed E-state index contributed by atoms with van der Waals surface area (Å²) >= 11 is 0. The fourth-order valence-electron chi connectivity index (χ4n) is 0.951. The molecule has 0 saturated heterocycles. The molecule has 0 aromatic heterocycles. The Morgan fingerprint density at radius 2 is 1.94 bits per heavy atom. The highest BCUT2D eigenvalue weighted by Gasteiger charge is 1.95. The summed E-state index contributed by atoms with van der Waals surface area (Å²) < 4.78 is 5.31. The van der Waals surface area contributed by atoms with Crippen LogP contribution in [-0.2, 0) is 14.3 Å². The predicted octanol–water partition coefficient (Wildman–Crippen LogP) is 0.351. The number of unbranched alkanes of at least 4 members (excludes halogenated alkanes) is 1. The molecule has 92 valence electrons. The van der Waals surface area contributed by atoms with Crippen molar-refractivity contribution in [1.29, 1.82) is 0 Å². The smallest absolute Gasteiger partial charge is 0.244 e. The lowest BCUT2D eigenvalue weighted by Crippen LogP contribution is -2.23. The van der Waals surface area contributed by atoms with Crippen molar-refractivity contribution in [1.82, 2.24) is 5.32 Å². The summed E-state index contributed by atoms with van der Waals surface area (Å²) in [6.07, 6.45) is 5.11. The largest absolute Gasteiger partial charge is 0.381 e. The summed E-state index contributed by atoms with van der Waals surface area (Å²) in [5, 5.41) is 2.62. The van der Waals surface area contributed by atoms with Gasteiger partial charge in [0.25, 0.3) is 0 Å². The maximum atomic E-state index is 11.0. The summed E-state index contributed by atoms with van der Waals surface area (Å²) in [7, 11) is 0. The van der Waals surface area contributed by atoms with E-state index in [4.69, 9.17) is 10.5 Å². The molecule has 0 aliphatic carbocycles. The van der Waals surface area contributed by atoms with Crippen LogP contribution in [0.3, 0.4) is 0 Å². The van der Waals surface area contributed by atoms with Crippen LogP contribution in [0.1, 0.15) is 26.2 Å². The van der Waals surface area contributed by atoms with Crippen LogP contribution in [0.2, 0.25) is 0 Å². The Morgan fingerprint density at radius 3 is 2.56 bits per heavy atom. The monoisotopic (exact) mass is 228 g/mol. The standard InChI is InChI=1S/C11H20N2O3/c1-2-3-8-16-9-4-7-13-11(15)6-5-10(12)14/h5-6H,2-4,7-9H2,1H3,(H2,12,14)(H,13,15). The van der Waals surface area contributed by atoms with Gasteiger partial charge in [-0.3, -0.25) is 9.59 Å². The van der Waals surface area contributed by atoms with Crippen LogP contribution in [0.5, 0.6) is 0 Å². The van der Waals surface area contributed by atoms with Crippen molar-refractivity contribution >= 4 is 11.8 Å². The Morgan fingerprint density at radius 1 is 1.25 bits per heavy atom. The summed E-state index contributed by atoms with van der Waals surface area (Å²) in [4.78, 5) is 21.4. The fourth-order valence-corrected chi connectivity index (χ4v) is 0.951. The van der Waals surface area contributed by atoms with E-state index >= 15 is 0 Å². The molecule has 0 aromatic carbocycles. The minimum absolute atomic E-state index is 0.313. The van der Waals surface area contributed by atoms with E-state index in [1.54, 1.807) is 0 Å². The van der Waals surface area contributed by atoms with Gasteiger partial charge < -0.3 is 15.8 Å². The Kier molecular flexibility index (Phi) is 9.30. The van der Waals surface area contributed by atoms with Crippen LogP contribution in [0.25, 0.3) is 0 Å². The molecule has 0 aliphatic heterocycles. The third kappa shape index (κ3) is 10.7. The molecular formula is C11H20N2O3. The van der Waals surface area contributed by atoms with E-state index in [1.807, 2.05) is 0 Å². The van der Waals surface area contributed by atoms with Gasteiger partial charge in [0.05, 0.1) is 0 Å². The first-order chi connectivity index (χ1) is 7.66. The second-order valence-electron chi connectivity index (χ2n) is 3.35. The number of carbonyl (C=O) groups is 2. The lowest BCUT2D eigenvalue weighted by molar-refractivity contribution is -0.117. The molecule has 16 heavy (non-hydrogen) atoms. The summed E-state index contributed by atoms with van der Waals surface area (Å²) in [5.41, 5.74) is 4.84. The maximum Gasteiger partial charge on any atom is 0.244 e. The van der Waals surface area contributed by atoms with Crippen molar-refractivity contribution in [2.24, 2.45) is 5.73 Å². The molecule has 5 heteroatoms. The summed E-state index contributed by atoms with van der Waals surface area (Å²) in [6, 6.07) is 0. The van der Waals surface area contributed by atoms with Crippen LogP contribution in [0.15, 0.2) is 12.2 Å². The second-order valence-corrected chi connectivity index (χ2v) is 3.35. The van der Waals surface area contributed by atoms with Crippen LogP contribution in [-0.4, -0.2) is 31.6 Å². The summed E-state index contributed by atoms with van der Waals surface area (Å²) in [6.45, 7) is 4.05. The molecule has 0 unspecified atom stereocenters. The zero-order chi connectivity index (χ0) is 12.2. The molecule has 0 fully saturated rings. The molecule has 0 bridgehead atoms. The second kappa shape index (κ2) is 10.2. The summed E-state index contributed by atoms with van der Waals surface area (Å²) in [5.74, 6) is -0.939. The number of hydrogen-bond acceptors (Lipinski definition) is 3. The Bertz CT molecular complexity index is 239. The van der Waals surface area contributed by atoms with Gasteiger partial charge in [-0.1, -0.05) is 13.3 Å². The molecule has 0 atom stereocenters. The van der Waals surface area contributed by atoms with Gasteiger partial charge in [0.2, 0.25) is 11.8 Å². The minimum atomic E-state index is -0.627. The van der Waals surface area contributed by atoms with Gasteiger partial charge >= 0.3 is 0 Å². The van der Waals surface area contributed by atoms with Crippen molar-refractivity contribution in [2.45, 2.75) is 26.2 Å². The molecule has 0 rings (SSSR count). The molecule has 0 saturated carbocycles. The SMILES string of the molecule is CCCCOCCCNC(=O)C=CC(N)=O. The van der Waals surface area contributed by atoms with Gasteiger partial charge in [-0.15, -0.1) is 0 Å². The van der Waals surface area contributed by atoms with Gasteiger partial charge in [-0.05, 0) is 12.8 Å². The molecule has 0 spiro atoms. The lowest BCUT2D eigenvalue weighted by Gasteiger charge is -2.03. The molecule has 5 nitrogen and oxygen atoms in total. The molecule has 0 radical (unpaired) electrons. The number of hydrogen-bond donors (Lipinski definition) is 2. The van der Waals surface area contributed by atoms with E-state index in [1.165, 1.54) is 0 Å². The van der Waals surface area contributed by atoms with Gasteiger partial charge in [-0.2, -0.15) is 0 Å². The number of amides is 2. The van der Waals surface area contributed by atoms with Gasteiger partial charge in [0.1, 0.15) is 0 Å². The molecular weight excluding hydrogens is 208 g/mol. The van der Waals surface area contributed by atoms with Gasteiger partial charge in [0.15, 0.2) is 0 Å². The average Bonchev–Trinajstić information content (AvgIpc) is 2.25. The van der Waals surface area contributed by atoms with Gasteiger partial charge in [0, 0.05) is 31.9 Å². The quantitative estimate of drug-likeness (QED) is 0.441.